The lowest BCUT2D eigenvalue weighted by atomic mass is 9.81. The average Bonchev–Trinajstić information content (AvgIpc) is 2.89. The molecule has 1 aliphatic heterocycles. The highest BCUT2D eigenvalue weighted by atomic mass is 35.5. The van der Waals surface area contributed by atoms with Crippen LogP contribution in [0.15, 0.2) is 18.2 Å². The molecule has 27 heavy (non-hydrogen) atoms. The number of nitrogens with zero attached hydrogens (tertiary/aromatic N) is 1. The predicted molar refractivity (Wildman–Crippen MR) is 101 cm³/mol. The Bertz CT molecular complexity index is 771. The van der Waals surface area contributed by atoms with Gasteiger partial charge in [-0.05, 0) is 31.0 Å². The van der Waals surface area contributed by atoms with E-state index in [9.17, 15) is 19.2 Å². The molecule has 1 aliphatic carbocycles. The van der Waals surface area contributed by atoms with E-state index < -0.39 is 5.91 Å². The van der Waals surface area contributed by atoms with Crippen molar-refractivity contribution in [3.8, 4) is 0 Å². The zero-order chi connectivity index (χ0) is 19.6. The van der Waals surface area contributed by atoms with Crippen molar-refractivity contribution in [1.29, 1.82) is 0 Å². The predicted octanol–water partition coefficient (Wildman–Crippen LogP) is 2.80. The Morgan fingerprint density at radius 2 is 1.70 bits per heavy atom. The van der Waals surface area contributed by atoms with E-state index in [1.165, 1.54) is 0 Å². The van der Waals surface area contributed by atoms with Crippen molar-refractivity contribution in [1.82, 2.24) is 4.90 Å². The molecule has 0 spiro atoms. The summed E-state index contributed by atoms with van der Waals surface area (Å²) in [6, 6.07) is 4.73. The summed E-state index contributed by atoms with van der Waals surface area (Å²) in [5.41, 5.74) is 0.813. The lowest BCUT2D eigenvalue weighted by molar-refractivity contribution is -0.142. The third-order valence-corrected chi connectivity index (χ3v) is 5.41. The van der Waals surface area contributed by atoms with Crippen LogP contribution in [0, 0.1) is 11.8 Å². The maximum atomic E-state index is 12.5. The topological polar surface area (TPSA) is 95.6 Å². The van der Waals surface area contributed by atoms with E-state index in [-0.39, 0.29) is 36.1 Å². The van der Waals surface area contributed by atoms with Crippen molar-refractivity contribution in [2.24, 2.45) is 11.8 Å². The second-order valence-corrected chi connectivity index (χ2v) is 7.31. The number of likely N-dealkylation sites (tertiary alicyclic amines) is 1. The van der Waals surface area contributed by atoms with E-state index in [2.05, 4.69) is 10.6 Å². The maximum Gasteiger partial charge on any atom is 0.244 e. The highest BCUT2D eigenvalue weighted by Crippen LogP contribution is 2.38. The summed E-state index contributed by atoms with van der Waals surface area (Å²) in [7, 11) is 0. The number of rotatable bonds is 5. The Hall–Kier alpha value is -2.41. The van der Waals surface area contributed by atoms with Crippen molar-refractivity contribution in [3.05, 3.63) is 23.2 Å². The molecule has 2 atom stereocenters. The molecule has 7 nitrogen and oxygen atoms in total. The number of anilines is 2. The smallest absolute Gasteiger partial charge is 0.244 e. The molecule has 2 N–H and O–H groups in total. The molecule has 0 aromatic heterocycles. The minimum atomic E-state index is -0.504. The van der Waals surface area contributed by atoms with Gasteiger partial charge in [0.1, 0.15) is 6.54 Å². The first kappa shape index (κ1) is 19.4. The third kappa shape index (κ3) is 4.13. The maximum absolute atomic E-state index is 12.5. The first-order valence-corrected chi connectivity index (χ1v) is 9.53. The summed E-state index contributed by atoms with van der Waals surface area (Å²) >= 11 is 6.11. The van der Waals surface area contributed by atoms with E-state index in [1.807, 2.05) is 0 Å². The molecule has 8 heteroatoms. The van der Waals surface area contributed by atoms with Crippen molar-refractivity contribution in [2.45, 2.75) is 39.0 Å². The minimum absolute atomic E-state index is 0.162. The van der Waals surface area contributed by atoms with Crippen LogP contribution in [0.2, 0.25) is 5.02 Å². The van der Waals surface area contributed by atoms with Crippen LogP contribution in [0.25, 0.3) is 0 Å². The first-order valence-electron chi connectivity index (χ1n) is 9.15. The lowest BCUT2D eigenvalue weighted by Gasteiger charge is -2.19. The van der Waals surface area contributed by atoms with E-state index >= 15 is 0 Å². The van der Waals surface area contributed by atoms with Crippen LogP contribution in [0.5, 0.6) is 0 Å². The fraction of sp³-hybridized carbons (Fsp3) is 0.474. The van der Waals surface area contributed by atoms with E-state index in [0.717, 1.165) is 17.7 Å². The highest BCUT2D eigenvalue weighted by Gasteiger charge is 2.48. The molecule has 144 valence electrons. The van der Waals surface area contributed by atoms with Crippen molar-refractivity contribution >= 4 is 46.6 Å². The molecular formula is C19H22ClN3O4. The van der Waals surface area contributed by atoms with Gasteiger partial charge in [0.15, 0.2) is 0 Å². The average molecular weight is 392 g/mol. The molecular weight excluding hydrogens is 370 g/mol. The van der Waals surface area contributed by atoms with Gasteiger partial charge in [-0.25, -0.2) is 0 Å². The summed E-state index contributed by atoms with van der Waals surface area (Å²) in [6.07, 6.45) is 3.61. The van der Waals surface area contributed by atoms with Gasteiger partial charge < -0.3 is 10.6 Å². The Labute approximate surface area is 162 Å². The normalized spacial score (nSPS) is 21.8. The Balaban J connectivity index is 1.67. The van der Waals surface area contributed by atoms with Gasteiger partial charge in [0.2, 0.25) is 23.6 Å². The van der Waals surface area contributed by atoms with Gasteiger partial charge in [-0.15, -0.1) is 0 Å². The van der Waals surface area contributed by atoms with Crippen LogP contribution in [0.1, 0.15) is 39.0 Å². The number of imide groups is 1. The van der Waals surface area contributed by atoms with Crippen molar-refractivity contribution < 1.29 is 19.2 Å². The van der Waals surface area contributed by atoms with Gasteiger partial charge in [0.25, 0.3) is 0 Å². The standard InChI is InChI=1S/C19H22ClN3O4/c1-2-16(24)21-11-7-8-14(20)15(9-11)22-17(25)10-23-18(26)12-5-3-4-6-13(12)19(23)27/h7-9,12-13H,2-6,10H2,1H3,(H,21,24)(H,22,25). The zero-order valence-electron chi connectivity index (χ0n) is 15.1. The minimum Gasteiger partial charge on any atom is -0.326 e. The molecule has 0 bridgehead atoms. The monoisotopic (exact) mass is 391 g/mol. The van der Waals surface area contributed by atoms with Crippen molar-refractivity contribution in [2.75, 3.05) is 17.2 Å². The Morgan fingerprint density at radius 3 is 2.30 bits per heavy atom. The fourth-order valence-electron chi connectivity index (χ4n) is 3.67. The molecule has 0 radical (unpaired) electrons. The molecule has 2 fully saturated rings. The third-order valence-electron chi connectivity index (χ3n) is 5.08. The number of hydrogen-bond acceptors (Lipinski definition) is 4. The number of benzene rings is 1. The summed E-state index contributed by atoms with van der Waals surface area (Å²) in [6.45, 7) is 1.40. The molecule has 4 amide bonds. The van der Waals surface area contributed by atoms with E-state index in [0.29, 0.717) is 35.7 Å². The van der Waals surface area contributed by atoms with Crippen LogP contribution in [-0.2, 0) is 19.2 Å². The van der Waals surface area contributed by atoms with Gasteiger partial charge in [-0.2, -0.15) is 0 Å². The number of carbonyl (C=O) groups is 4. The summed E-state index contributed by atoms with van der Waals surface area (Å²) in [5, 5.41) is 5.61. The van der Waals surface area contributed by atoms with Gasteiger partial charge in [0, 0.05) is 12.1 Å². The molecule has 2 unspecified atom stereocenters. The number of nitrogens with one attached hydrogen (secondary N) is 2. The number of amides is 4. The molecule has 1 aromatic rings. The largest absolute Gasteiger partial charge is 0.326 e. The molecule has 2 aliphatic rings. The number of fused-ring (bicyclic) bond motifs is 1. The van der Waals surface area contributed by atoms with Crippen LogP contribution >= 0.6 is 11.6 Å². The number of hydrogen-bond donors (Lipinski definition) is 2. The zero-order valence-corrected chi connectivity index (χ0v) is 15.8. The lowest BCUT2D eigenvalue weighted by Crippen LogP contribution is -2.38. The van der Waals surface area contributed by atoms with E-state index in [1.54, 1.807) is 25.1 Å². The number of carbonyl (C=O) groups excluding carboxylic acids is 4. The van der Waals surface area contributed by atoms with Gasteiger partial charge >= 0.3 is 0 Å². The Kier molecular flexibility index (Phi) is 5.79. The van der Waals surface area contributed by atoms with Crippen LogP contribution in [0.4, 0.5) is 11.4 Å². The van der Waals surface area contributed by atoms with Crippen LogP contribution in [0.3, 0.4) is 0 Å². The summed E-state index contributed by atoms with van der Waals surface area (Å²) in [5.74, 6) is -1.74. The molecule has 3 rings (SSSR count). The van der Waals surface area contributed by atoms with Crippen LogP contribution < -0.4 is 10.6 Å². The first-order chi connectivity index (χ1) is 12.9. The molecule has 1 aromatic carbocycles. The Morgan fingerprint density at radius 1 is 1.07 bits per heavy atom. The van der Waals surface area contributed by atoms with Gasteiger partial charge in [-0.3, -0.25) is 24.1 Å². The molecule has 1 saturated heterocycles. The summed E-state index contributed by atoms with van der Waals surface area (Å²) < 4.78 is 0. The number of halogens is 1. The SMILES string of the molecule is CCC(=O)Nc1ccc(Cl)c(NC(=O)CN2C(=O)C3CCCCC3C2=O)c1. The van der Waals surface area contributed by atoms with Crippen molar-refractivity contribution in [3.63, 3.8) is 0 Å². The summed E-state index contributed by atoms with van der Waals surface area (Å²) in [4.78, 5) is 49.9. The van der Waals surface area contributed by atoms with Gasteiger partial charge in [-0.1, -0.05) is 31.4 Å². The van der Waals surface area contributed by atoms with Gasteiger partial charge in [0.05, 0.1) is 22.5 Å². The molecule has 1 heterocycles. The highest BCUT2D eigenvalue weighted by molar-refractivity contribution is 6.34. The quantitative estimate of drug-likeness (QED) is 0.754. The van der Waals surface area contributed by atoms with Crippen LogP contribution in [-0.4, -0.2) is 35.1 Å². The second-order valence-electron chi connectivity index (χ2n) is 6.90. The molecule has 1 saturated carbocycles. The second kappa shape index (κ2) is 8.08. The van der Waals surface area contributed by atoms with E-state index in [4.69, 9.17) is 11.6 Å². The fourth-order valence-corrected chi connectivity index (χ4v) is 3.83.